The number of aromatic hydroxyl groups is 1. The summed E-state index contributed by atoms with van der Waals surface area (Å²) in [5.41, 5.74) is 6.97. The summed E-state index contributed by atoms with van der Waals surface area (Å²) in [6, 6.07) is 13.2. The van der Waals surface area contributed by atoms with Crippen LogP contribution in [0.15, 0.2) is 48.0 Å². The topological polar surface area (TPSA) is 81.1 Å². The number of nitrogens with zero attached hydrogens (tertiary/aromatic N) is 2. The first kappa shape index (κ1) is 36.7. The van der Waals surface area contributed by atoms with E-state index in [1.54, 1.807) is 0 Å². The van der Waals surface area contributed by atoms with Crippen molar-refractivity contribution in [3.63, 3.8) is 0 Å². The first-order valence-corrected chi connectivity index (χ1v) is 22.0. The predicted molar refractivity (Wildman–Crippen MR) is 214 cm³/mol. The minimum atomic E-state index is -0.865. The number of aryl methyl sites for hydroxylation is 1. The van der Waals surface area contributed by atoms with Gasteiger partial charge in [0.25, 0.3) is 0 Å². The molecule has 2 heterocycles. The molecule has 0 amide bonds. The van der Waals surface area contributed by atoms with Gasteiger partial charge in [-0.05, 0) is 142 Å². The fourth-order valence-electron chi connectivity index (χ4n) is 11.0. The van der Waals surface area contributed by atoms with E-state index in [2.05, 4.69) is 88.3 Å². The molecule has 0 spiro atoms. The van der Waals surface area contributed by atoms with Gasteiger partial charge in [-0.3, -0.25) is 19.4 Å². The third-order valence-corrected chi connectivity index (χ3v) is 13.8. The Bertz CT molecular complexity index is 1740. The summed E-state index contributed by atoms with van der Waals surface area (Å²) in [7, 11) is 0. The summed E-state index contributed by atoms with van der Waals surface area (Å²) >= 11 is 9.31. The molecule has 10 heteroatoms. The molecule has 4 bridgehead atoms. The van der Waals surface area contributed by atoms with E-state index in [1.165, 1.54) is 65.6 Å². The van der Waals surface area contributed by atoms with E-state index >= 15 is 0 Å². The molecule has 2 N–H and O–H groups in total. The third-order valence-electron chi connectivity index (χ3n) is 13.8. The maximum Gasteiger partial charge on any atom is 0.369 e. The second-order valence-electron chi connectivity index (χ2n) is 16.9. The number of likely N-dealkylation sites (tertiary alicyclic amines) is 2. The Labute approximate surface area is 328 Å². The van der Waals surface area contributed by atoms with Gasteiger partial charge in [-0.25, -0.2) is 0 Å². The van der Waals surface area contributed by atoms with Gasteiger partial charge in [0.1, 0.15) is 11.5 Å². The lowest BCUT2D eigenvalue weighted by Gasteiger charge is -2.63. The van der Waals surface area contributed by atoms with Crippen LogP contribution in [-0.2, 0) is 33.3 Å². The number of phenolic OH excluding ortho intramolecular Hbond substituents is 1. The SMILES string of the molecule is BrB(Br)Br.Cc1ccc2c(c1)[C@@]13CCC(=O)C[C@@]1(O)[C@@H](C2)N(CC1CC1)CC3.O=C1C=C2[C@H]3Cc4ccc(O)cc4[C@]2(CC1)CCN3CC1CC1. The monoisotopic (exact) mass is 882 g/mol. The van der Waals surface area contributed by atoms with Crippen molar-refractivity contribution in [1.29, 1.82) is 0 Å². The second-order valence-corrected chi connectivity index (χ2v) is 23.4. The van der Waals surface area contributed by atoms with E-state index in [-0.39, 0.29) is 31.6 Å². The molecule has 0 unspecified atom stereocenters. The number of Topliss-reactive ketones (excluding diaryl/α,β-unsaturated/α-hetero) is 1. The average Bonchev–Trinajstić information content (AvgIpc) is 4.02. The van der Waals surface area contributed by atoms with Crippen LogP contribution in [0.5, 0.6) is 5.75 Å². The number of carbonyl (C=O) groups excluding carboxylic acids is 2. The van der Waals surface area contributed by atoms with Gasteiger partial charge in [-0.2, -0.15) is 0 Å². The maximum absolute atomic E-state index is 12.3. The van der Waals surface area contributed by atoms with Gasteiger partial charge in [-0.1, -0.05) is 29.8 Å². The molecule has 6 aliphatic carbocycles. The first-order chi connectivity index (χ1) is 24.4. The van der Waals surface area contributed by atoms with Gasteiger partial charge in [-0.15, -0.1) is 47.3 Å². The van der Waals surface area contributed by atoms with Gasteiger partial charge in [0.05, 0.1) is 5.60 Å². The number of aliphatic hydroxyl groups is 1. The fraction of sp³-hybridized carbons (Fsp3) is 0.610. The smallest absolute Gasteiger partial charge is 0.369 e. The molecule has 51 heavy (non-hydrogen) atoms. The number of halogens is 3. The van der Waals surface area contributed by atoms with Crippen LogP contribution in [0, 0.1) is 18.8 Å². The molecule has 3 saturated carbocycles. The largest absolute Gasteiger partial charge is 0.508 e. The molecule has 2 saturated heterocycles. The normalized spacial score (nSPS) is 33.5. The highest BCUT2D eigenvalue weighted by molar-refractivity contribution is 9.69. The van der Waals surface area contributed by atoms with Crippen molar-refractivity contribution in [3.8, 4) is 5.75 Å². The van der Waals surface area contributed by atoms with Gasteiger partial charge < -0.3 is 10.2 Å². The zero-order valence-electron chi connectivity index (χ0n) is 29.7. The fourth-order valence-corrected chi connectivity index (χ4v) is 11.0. The van der Waals surface area contributed by atoms with Crippen molar-refractivity contribution in [1.82, 2.24) is 9.80 Å². The Kier molecular flexibility index (Phi) is 10.1. The highest BCUT2D eigenvalue weighted by atomic mass is 79.9. The number of phenols is 1. The van der Waals surface area contributed by atoms with Gasteiger partial charge in [0.2, 0.25) is 0 Å². The Hall–Kier alpha value is -1.30. The van der Waals surface area contributed by atoms with Crippen LogP contribution in [0.25, 0.3) is 0 Å². The molecule has 8 aliphatic rings. The lowest BCUT2D eigenvalue weighted by atomic mass is 9.49. The predicted octanol–water partition coefficient (Wildman–Crippen LogP) is 7.87. The van der Waals surface area contributed by atoms with Crippen molar-refractivity contribution in [2.24, 2.45) is 11.8 Å². The molecule has 2 aliphatic heterocycles. The van der Waals surface area contributed by atoms with E-state index in [0.717, 1.165) is 70.0 Å². The van der Waals surface area contributed by atoms with Crippen molar-refractivity contribution in [2.45, 2.75) is 119 Å². The van der Waals surface area contributed by atoms with Crippen LogP contribution in [-0.4, -0.2) is 78.6 Å². The lowest BCUT2D eigenvalue weighted by Crippen LogP contribution is -2.73. The van der Waals surface area contributed by atoms with Crippen molar-refractivity contribution in [2.75, 3.05) is 26.2 Å². The number of carbonyl (C=O) groups is 2. The van der Waals surface area contributed by atoms with Crippen LogP contribution in [0.4, 0.5) is 0 Å². The number of benzene rings is 2. The van der Waals surface area contributed by atoms with Crippen LogP contribution in [0.1, 0.15) is 98.4 Å². The van der Waals surface area contributed by atoms with Crippen molar-refractivity contribution in [3.05, 3.63) is 75.9 Å². The van der Waals surface area contributed by atoms with E-state index in [4.69, 9.17) is 0 Å². The minimum absolute atomic E-state index is 0.00491. The summed E-state index contributed by atoms with van der Waals surface area (Å²) in [6.07, 6.45) is 14.7. The van der Waals surface area contributed by atoms with E-state index in [9.17, 15) is 19.8 Å². The standard InChI is InChI=1S/C21H27NO2.C20H23NO2.BBr3/c1-14-2-5-16-11-19-21(24)12-17(23)6-7-20(21,18(16)10-14)8-9-22(19)13-15-3-4-15;22-15-4-3-14-9-19-18-11-16(23)5-6-20(18,17(14)10-15)7-8-21(19)12-13-1-2-13;2-1(3)4/h2,5,10,15,19,24H,3-4,6-9,11-13H2,1H3;3-4,10-11,13,19,22H,1-2,5-9,12H2;/t19-,20+,21-;19-,20+;/m11./s1. The molecule has 0 radical (unpaired) electrons. The second kappa shape index (κ2) is 14.1. The van der Waals surface area contributed by atoms with Crippen LogP contribution in [0.3, 0.4) is 0 Å². The van der Waals surface area contributed by atoms with Gasteiger partial charge in [0.15, 0.2) is 5.78 Å². The zero-order valence-corrected chi connectivity index (χ0v) is 34.4. The number of fused-ring (bicyclic) bond motifs is 2. The zero-order chi connectivity index (χ0) is 35.7. The molecular formula is C41H50BBr3N2O4. The summed E-state index contributed by atoms with van der Waals surface area (Å²) in [5.74, 6) is 2.59. The Morgan fingerprint density at radius 2 is 1.49 bits per heavy atom. The number of hydrogen-bond donors (Lipinski definition) is 2. The Balaban J connectivity index is 0.000000133. The number of hydrogen-bond acceptors (Lipinski definition) is 6. The molecule has 0 aromatic heterocycles. The van der Waals surface area contributed by atoms with E-state index < -0.39 is 5.60 Å². The molecule has 6 nitrogen and oxygen atoms in total. The first-order valence-electron chi connectivity index (χ1n) is 19.2. The maximum atomic E-state index is 12.3. The molecular weight excluding hydrogens is 835 g/mol. The summed E-state index contributed by atoms with van der Waals surface area (Å²) in [6.45, 7) is 6.64. The number of rotatable bonds is 4. The van der Waals surface area contributed by atoms with Crippen molar-refractivity contribution < 1.29 is 19.8 Å². The highest BCUT2D eigenvalue weighted by Crippen LogP contribution is 2.58. The summed E-state index contributed by atoms with van der Waals surface area (Å²) in [5, 5.41) is 21.9. The Morgan fingerprint density at radius 1 is 0.824 bits per heavy atom. The van der Waals surface area contributed by atoms with Crippen LogP contribution < -0.4 is 0 Å². The van der Waals surface area contributed by atoms with Crippen molar-refractivity contribution >= 4 is 62.0 Å². The van der Waals surface area contributed by atoms with Crippen LogP contribution in [0.2, 0.25) is 0 Å². The molecule has 272 valence electrons. The average molecular weight is 885 g/mol. The summed E-state index contributed by atoms with van der Waals surface area (Å²) < 4.78 is 0.271. The minimum Gasteiger partial charge on any atom is -0.508 e. The third kappa shape index (κ3) is 6.83. The van der Waals surface area contributed by atoms with E-state index in [0.29, 0.717) is 31.1 Å². The number of ketones is 2. The lowest BCUT2D eigenvalue weighted by molar-refractivity contribution is -0.173. The molecule has 10 rings (SSSR count). The highest BCUT2D eigenvalue weighted by Gasteiger charge is 2.64. The number of piperidine rings is 2. The van der Waals surface area contributed by atoms with Crippen LogP contribution >= 0.6 is 47.3 Å². The number of allylic oxidation sites excluding steroid dienone is 1. The molecule has 5 atom stereocenters. The Morgan fingerprint density at radius 3 is 2.22 bits per heavy atom. The van der Waals surface area contributed by atoms with Gasteiger partial charge in [0, 0.05) is 55.3 Å². The van der Waals surface area contributed by atoms with E-state index in [1.807, 2.05) is 18.2 Å². The molecule has 2 aromatic carbocycles. The molecule has 5 fully saturated rings. The summed E-state index contributed by atoms with van der Waals surface area (Å²) in [4.78, 5) is 29.6. The quantitative estimate of drug-likeness (QED) is 0.305. The molecule has 2 aromatic rings. The van der Waals surface area contributed by atoms with Gasteiger partial charge >= 0.3 is 3.18 Å².